The first kappa shape index (κ1) is 27.3. The minimum Gasteiger partial charge on any atom is -0.744 e. The molecule has 0 bridgehead atoms. The van der Waals surface area contributed by atoms with Crippen LogP contribution in [0.15, 0.2) is 52.3 Å². The molecule has 0 amide bonds. The molecule has 0 radical (unpaired) electrons. The minimum absolute atomic E-state index is 0.0450. The first-order valence-electron chi connectivity index (χ1n) is 11.4. The maximum absolute atomic E-state index is 11.8. The van der Waals surface area contributed by atoms with Crippen molar-refractivity contribution in [3.63, 3.8) is 0 Å². The molecule has 0 aliphatic carbocycles. The second-order valence-electron chi connectivity index (χ2n) is 8.19. The molecule has 0 aliphatic heterocycles. The molecular formula is C24H32O7S2-2. The maximum Gasteiger partial charge on any atom is 0.128 e. The Morgan fingerprint density at radius 2 is 1.27 bits per heavy atom. The molecule has 0 N–H and O–H groups in total. The highest BCUT2D eigenvalue weighted by Crippen LogP contribution is 2.29. The van der Waals surface area contributed by atoms with Gasteiger partial charge in [0.05, 0.1) is 9.79 Å². The van der Waals surface area contributed by atoms with Gasteiger partial charge in [0.2, 0.25) is 0 Å². The first-order chi connectivity index (χ1) is 15.6. The summed E-state index contributed by atoms with van der Waals surface area (Å²) in [7, 11) is -9.37. The van der Waals surface area contributed by atoms with Crippen LogP contribution in [0.2, 0.25) is 0 Å². The molecule has 0 unspecified atom stereocenters. The molecule has 0 saturated heterocycles. The lowest BCUT2D eigenvalue weighted by molar-refractivity contribution is 0.455. The summed E-state index contributed by atoms with van der Waals surface area (Å²) in [6.07, 6.45) is 12.0. The normalized spacial score (nSPS) is 12.1. The predicted octanol–water partition coefficient (Wildman–Crippen LogP) is 5.75. The summed E-state index contributed by atoms with van der Waals surface area (Å²) in [5.41, 5.74) is 0.438. The van der Waals surface area contributed by atoms with Crippen molar-refractivity contribution in [3.8, 4) is 11.5 Å². The van der Waals surface area contributed by atoms with Crippen LogP contribution >= 0.6 is 0 Å². The lowest BCUT2D eigenvalue weighted by atomic mass is 10.0. The van der Waals surface area contributed by atoms with Crippen LogP contribution in [-0.2, 0) is 26.7 Å². The van der Waals surface area contributed by atoms with E-state index in [9.17, 15) is 25.9 Å². The molecule has 0 atom stereocenters. The summed E-state index contributed by atoms with van der Waals surface area (Å²) in [5.74, 6) is 0.111. The van der Waals surface area contributed by atoms with Crippen LogP contribution in [0.5, 0.6) is 11.5 Å². The van der Waals surface area contributed by atoms with Crippen molar-refractivity contribution in [1.82, 2.24) is 0 Å². The molecule has 2 aromatic rings. The Hall–Kier alpha value is -1.94. The average Bonchev–Trinajstić information content (AvgIpc) is 2.75. The Labute approximate surface area is 197 Å². The van der Waals surface area contributed by atoms with Crippen LogP contribution in [0.3, 0.4) is 0 Å². The van der Waals surface area contributed by atoms with Crippen molar-refractivity contribution in [2.75, 3.05) is 0 Å². The quantitative estimate of drug-likeness (QED) is 0.227. The molecule has 33 heavy (non-hydrogen) atoms. The van der Waals surface area contributed by atoms with E-state index < -0.39 is 25.1 Å². The predicted molar refractivity (Wildman–Crippen MR) is 124 cm³/mol. The van der Waals surface area contributed by atoms with Crippen molar-refractivity contribution in [2.24, 2.45) is 0 Å². The van der Waals surface area contributed by atoms with E-state index >= 15 is 0 Å². The third kappa shape index (κ3) is 9.83. The van der Waals surface area contributed by atoms with Crippen molar-refractivity contribution in [2.45, 2.75) is 87.3 Å². The van der Waals surface area contributed by atoms with Crippen molar-refractivity contribution < 1.29 is 30.7 Å². The second kappa shape index (κ2) is 13.1. The van der Waals surface area contributed by atoms with Gasteiger partial charge in [-0.15, -0.1) is 0 Å². The highest BCUT2D eigenvalue weighted by atomic mass is 32.2. The Kier molecular flexibility index (Phi) is 10.8. The third-order valence-corrected chi connectivity index (χ3v) is 7.19. The standard InChI is InChI=1S/C24H34O7S2/c1-2-3-4-5-6-7-8-9-10-11-13-20-16-17-22(19-24(20)33(28,29)30)31-21-14-12-15-23(18-21)32(25,26)27/h12,14-19H,2-11,13H2,1H3,(H,25,26,27)(H,28,29,30)/p-2. The summed E-state index contributed by atoms with van der Waals surface area (Å²) in [6, 6.07) is 9.17. The Morgan fingerprint density at radius 3 is 1.85 bits per heavy atom. The fourth-order valence-electron chi connectivity index (χ4n) is 3.67. The van der Waals surface area contributed by atoms with Gasteiger partial charge in [0.25, 0.3) is 0 Å². The number of unbranched alkanes of at least 4 members (excludes halogenated alkanes) is 9. The van der Waals surface area contributed by atoms with E-state index in [1.165, 1.54) is 56.7 Å². The number of hydrogen-bond donors (Lipinski definition) is 0. The van der Waals surface area contributed by atoms with Crippen LogP contribution in [-0.4, -0.2) is 25.9 Å². The van der Waals surface area contributed by atoms with Crippen LogP contribution in [0.4, 0.5) is 0 Å². The van der Waals surface area contributed by atoms with E-state index in [0.29, 0.717) is 12.0 Å². The topological polar surface area (TPSA) is 124 Å². The number of hydrogen-bond acceptors (Lipinski definition) is 7. The van der Waals surface area contributed by atoms with Gasteiger partial charge in [0.15, 0.2) is 0 Å². The van der Waals surface area contributed by atoms with Gasteiger partial charge in [0, 0.05) is 0 Å². The second-order valence-corrected chi connectivity index (χ2v) is 10.9. The van der Waals surface area contributed by atoms with Crippen LogP contribution in [0.1, 0.15) is 76.7 Å². The van der Waals surface area contributed by atoms with Gasteiger partial charge in [-0.1, -0.05) is 76.8 Å². The molecule has 2 aromatic carbocycles. The first-order valence-corrected chi connectivity index (χ1v) is 14.3. The fourth-order valence-corrected chi connectivity index (χ4v) is 4.93. The summed E-state index contributed by atoms with van der Waals surface area (Å²) in [4.78, 5) is -0.808. The molecule has 0 spiro atoms. The Balaban J connectivity index is 1.94. The Morgan fingerprint density at radius 1 is 0.697 bits per heavy atom. The number of benzene rings is 2. The smallest absolute Gasteiger partial charge is 0.128 e. The van der Waals surface area contributed by atoms with Crippen molar-refractivity contribution in [1.29, 1.82) is 0 Å². The van der Waals surface area contributed by atoms with Gasteiger partial charge in [-0.2, -0.15) is 0 Å². The zero-order chi connectivity index (χ0) is 24.3. The minimum atomic E-state index is -4.72. The maximum atomic E-state index is 11.8. The van der Waals surface area contributed by atoms with Gasteiger partial charge in [-0.25, -0.2) is 16.8 Å². The SMILES string of the molecule is CCCCCCCCCCCCc1ccc(Oc2cccc(S(=O)(=O)[O-])c2)cc1S(=O)(=O)[O-]. The zero-order valence-electron chi connectivity index (χ0n) is 19.0. The van der Waals surface area contributed by atoms with Crippen molar-refractivity contribution >= 4 is 20.2 Å². The van der Waals surface area contributed by atoms with E-state index in [1.807, 2.05) is 0 Å². The van der Waals surface area contributed by atoms with Crippen molar-refractivity contribution in [3.05, 3.63) is 48.0 Å². The number of ether oxygens (including phenoxy) is 1. The van der Waals surface area contributed by atoms with E-state index in [1.54, 1.807) is 6.07 Å². The number of aryl methyl sites for hydroxylation is 1. The van der Waals surface area contributed by atoms with Crippen LogP contribution in [0, 0.1) is 0 Å². The molecule has 184 valence electrons. The Bertz CT molecular complexity index is 1090. The highest BCUT2D eigenvalue weighted by molar-refractivity contribution is 7.86. The molecule has 0 aliphatic rings. The monoisotopic (exact) mass is 496 g/mol. The third-order valence-electron chi connectivity index (χ3n) is 5.44. The molecule has 0 heterocycles. The van der Waals surface area contributed by atoms with Gasteiger partial charge in [-0.3, -0.25) is 0 Å². The number of rotatable bonds is 15. The average molecular weight is 497 g/mol. The summed E-state index contributed by atoms with van der Waals surface area (Å²) < 4.78 is 74.4. The van der Waals surface area contributed by atoms with E-state index in [-0.39, 0.29) is 16.4 Å². The zero-order valence-corrected chi connectivity index (χ0v) is 20.6. The largest absolute Gasteiger partial charge is 0.744 e. The molecule has 7 nitrogen and oxygen atoms in total. The van der Waals surface area contributed by atoms with Crippen LogP contribution < -0.4 is 4.74 Å². The summed E-state index contributed by atoms with van der Waals surface area (Å²) >= 11 is 0. The molecule has 2 rings (SSSR count). The fraction of sp³-hybridized carbons (Fsp3) is 0.500. The lowest BCUT2D eigenvalue weighted by Crippen LogP contribution is -2.04. The lowest BCUT2D eigenvalue weighted by Gasteiger charge is -2.16. The highest BCUT2D eigenvalue weighted by Gasteiger charge is 2.12. The van der Waals surface area contributed by atoms with Gasteiger partial charge < -0.3 is 13.8 Å². The molecule has 0 aromatic heterocycles. The molecular weight excluding hydrogens is 464 g/mol. The summed E-state index contributed by atoms with van der Waals surface area (Å²) in [6.45, 7) is 2.20. The van der Waals surface area contributed by atoms with Crippen LogP contribution in [0.25, 0.3) is 0 Å². The summed E-state index contributed by atoms with van der Waals surface area (Å²) in [5, 5.41) is 0. The molecule has 9 heteroatoms. The van der Waals surface area contributed by atoms with Gasteiger partial charge >= 0.3 is 0 Å². The molecule has 0 fully saturated rings. The van der Waals surface area contributed by atoms with Gasteiger partial charge in [0.1, 0.15) is 31.7 Å². The van der Waals surface area contributed by atoms with Gasteiger partial charge in [-0.05, 0) is 48.7 Å². The molecule has 0 saturated carbocycles. The van der Waals surface area contributed by atoms with E-state index in [2.05, 4.69) is 6.92 Å². The van der Waals surface area contributed by atoms with E-state index in [4.69, 9.17) is 4.74 Å². The van der Waals surface area contributed by atoms with E-state index in [0.717, 1.165) is 43.9 Å².